The maximum absolute atomic E-state index is 12.4. The van der Waals surface area contributed by atoms with Gasteiger partial charge in [-0.1, -0.05) is 32.9 Å². The van der Waals surface area contributed by atoms with Crippen LogP contribution in [0.1, 0.15) is 44.0 Å². The van der Waals surface area contributed by atoms with Crippen molar-refractivity contribution >= 4 is 15.7 Å². The highest BCUT2D eigenvalue weighted by Gasteiger charge is 2.22. The Labute approximate surface area is 151 Å². The van der Waals surface area contributed by atoms with E-state index < -0.39 is 9.84 Å². The van der Waals surface area contributed by atoms with Gasteiger partial charge in [-0.3, -0.25) is 4.79 Å². The van der Waals surface area contributed by atoms with Crippen LogP contribution in [0.4, 0.5) is 0 Å². The number of carbonyl (C=O) groups is 1. The molecule has 140 valence electrons. The van der Waals surface area contributed by atoms with Gasteiger partial charge in [0, 0.05) is 19.6 Å². The summed E-state index contributed by atoms with van der Waals surface area (Å²) in [5.41, 5.74) is 0.240. The summed E-state index contributed by atoms with van der Waals surface area (Å²) in [6.45, 7) is 9.92. The van der Waals surface area contributed by atoms with Crippen LogP contribution in [0.2, 0.25) is 0 Å². The predicted octanol–water partition coefficient (Wildman–Crippen LogP) is 2.58. The Bertz CT molecular complexity index is 678. The Morgan fingerprint density at radius 3 is 2.48 bits per heavy atom. The van der Waals surface area contributed by atoms with Crippen molar-refractivity contribution in [1.29, 1.82) is 0 Å². The number of rotatable bonds is 7. The molecule has 0 aromatic heterocycles. The first kappa shape index (κ1) is 19.9. The van der Waals surface area contributed by atoms with Crippen LogP contribution in [-0.4, -0.2) is 51.2 Å². The Kier molecular flexibility index (Phi) is 7.02. The molecule has 2 atom stereocenters. The Hall–Kier alpha value is -1.40. The molecular weight excluding hydrogens is 336 g/mol. The van der Waals surface area contributed by atoms with Gasteiger partial charge in [0.05, 0.1) is 16.2 Å². The van der Waals surface area contributed by atoms with E-state index >= 15 is 0 Å². The summed E-state index contributed by atoms with van der Waals surface area (Å²) in [5, 5.41) is 2.87. The number of benzene rings is 1. The average molecular weight is 367 g/mol. The predicted molar refractivity (Wildman–Crippen MR) is 101 cm³/mol. The normalized spacial score (nSPS) is 21.9. The maximum atomic E-state index is 12.4. The molecule has 1 N–H and O–H groups in total. The van der Waals surface area contributed by atoms with Gasteiger partial charge in [-0.05, 0) is 43.4 Å². The van der Waals surface area contributed by atoms with Gasteiger partial charge in [0.2, 0.25) is 0 Å². The van der Waals surface area contributed by atoms with Gasteiger partial charge in [0.25, 0.3) is 5.91 Å². The highest BCUT2D eigenvalue weighted by atomic mass is 32.2. The van der Waals surface area contributed by atoms with Crippen molar-refractivity contribution in [2.75, 3.05) is 31.9 Å². The summed E-state index contributed by atoms with van der Waals surface area (Å²) < 4.78 is 24.3. The summed E-state index contributed by atoms with van der Waals surface area (Å²) in [6.07, 6.45) is 2.16. The van der Waals surface area contributed by atoms with Crippen molar-refractivity contribution in [3.63, 3.8) is 0 Å². The zero-order valence-electron chi connectivity index (χ0n) is 15.5. The summed E-state index contributed by atoms with van der Waals surface area (Å²) >= 11 is 0. The smallest absolute Gasteiger partial charge is 0.252 e. The summed E-state index contributed by atoms with van der Waals surface area (Å²) in [7, 11) is -3.40. The number of hydrogen-bond acceptors (Lipinski definition) is 4. The number of hydrogen-bond donors (Lipinski definition) is 1. The lowest BCUT2D eigenvalue weighted by Gasteiger charge is -2.34. The van der Waals surface area contributed by atoms with Crippen LogP contribution in [0.5, 0.6) is 0 Å². The molecule has 0 saturated carbocycles. The van der Waals surface area contributed by atoms with Gasteiger partial charge in [0.1, 0.15) is 0 Å². The number of nitrogens with zero attached hydrogens (tertiary/aromatic N) is 1. The van der Waals surface area contributed by atoms with E-state index in [1.54, 1.807) is 25.1 Å². The van der Waals surface area contributed by atoms with Crippen LogP contribution in [0, 0.1) is 11.8 Å². The molecule has 5 nitrogen and oxygen atoms in total. The second kappa shape index (κ2) is 8.81. The van der Waals surface area contributed by atoms with E-state index in [0.717, 1.165) is 37.9 Å². The molecule has 2 rings (SSSR count). The van der Waals surface area contributed by atoms with Crippen molar-refractivity contribution < 1.29 is 13.2 Å². The molecule has 0 radical (unpaired) electrons. The van der Waals surface area contributed by atoms with Crippen LogP contribution >= 0.6 is 0 Å². The standard InChI is InChI=1S/C19H30N2O3S/c1-4-25(23,24)18-9-6-5-8-17(18)19(22)20-10-7-11-21-13-15(2)12-16(3)14-21/h5-6,8-9,15-16H,4,7,10-14H2,1-3H3,(H,20,22)/t15-,16-/m1/s1. The third-order valence-electron chi connectivity index (χ3n) is 4.73. The largest absolute Gasteiger partial charge is 0.352 e. The first-order valence-electron chi connectivity index (χ1n) is 9.15. The van der Waals surface area contributed by atoms with Crippen LogP contribution in [-0.2, 0) is 9.84 Å². The third kappa shape index (κ3) is 5.54. The Balaban J connectivity index is 1.87. The van der Waals surface area contributed by atoms with Crippen LogP contribution in [0.15, 0.2) is 29.2 Å². The number of nitrogens with one attached hydrogen (secondary N) is 1. The minimum absolute atomic E-state index is 0.0113. The minimum atomic E-state index is -3.40. The Morgan fingerprint density at radius 1 is 1.20 bits per heavy atom. The zero-order chi connectivity index (χ0) is 18.4. The second-order valence-corrected chi connectivity index (χ2v) is 9.46. The first-order valence-corrected chi connectivity index (χ1v) is 10.8. The summed E-state index contributed by atoms with van der Waals surface area (Å²) in [6, 6.07) is 6.42. The van der Waals surface area contributed by atoms with Crippen molar-refractivity contribution in [2.24, 2.45) is 11.8 Å². The molecule has 0 unspecified atom stereocenters. The molecule has 1 aromatic rings. The van der Waals surface area contributed by atoms with Crippen LogP contribution in [0.25, 0.3) is 0 Å². The fourth-order valence-corrected chi connectivity index (χ4v) is 4.75. The summed E-state index contributed by atoms with van der Waals surface area (Å²) in [4.78, 5) is 15.0. The number of carbonyl (C=O) groups excluding carboxylic acids is 1. The van der Waals surface area contributed by atoms with Crippen molar-refractivity contribution in [1.82, 2.24) is 10.2 Å². The van der Waals surface area contributed by atoms with Gasteiger partial charge in [-0.25, -0.2) is 8.42 Å². The van der Waals surface area contributed by atoms with E-state index in [1.807, 2.05) is 0 Å². The van der Waals surface area contributed by atoms with Crippen molar-refractivity contribution in [3.05, 3.63) is 29.8 Å². The zero-order valence-corrected chi connectivity index (χ0v) is 16.3. The second-order valence-electron chi connectivity index (χ2n) is 7.21. The van der Waals surface area contributed by atoms with E-state index in [1.165, 1.54) is 12.5 Å². The lowest BCUT2D eigenvalue weighted by molar-refractivity contribution is 0.0944. The molecule has 0 spiro atoms. The average Bonchev–Trinajstić information content (AvgIpc) is 2.57. The highest BCUT2D eigenvalue weighted by Crippen LogP contribution is 2.21. The lowest BCUT2D eigenvalue weighted by Crippen LogP contribution is -2.40. The van der Waals surface area contributed by atoms with Crippen molar-refractivity contribution in [2.45, 2.75) is 38.5 Å². The lowest BCUT2D eigenvalue weighted by atomic mass is 9.92. The minimum Gasteiger partial charge on any atom is -0.352 e. The molecule has 1 heterocycles. The molecule has 1 amide bonds. The molecule has 0 aliphatic carbocycles. The van der Waals surface area contributed by atoms with E-state index in [-0.39, 0.29) is 22.1 Å². The van der Waals surface area contributed by atoms with E-state index in [9.17, 15) is 13.2 Å². The van der Waals surface area contributed by atoms with Gasteiger partial charge in [-0.15, -0.1) is 0 Å². The van der Waals surface area contributed by atoms with E-state index in [2.05, 4.69) is 24.1 Å². The first-order chi connectivity index (χ1) is 11.8. The van der Waals surface area contributed by atoms with E-state index in [0.29, 0.717) is 6.54 Å². The van der Waals surface area contributed by atoms with Crippen LogP contribution in [0.3, 0.4) is 0 Å². The van der Waals surface area contributed by atoms with Gasteiger partial charge in [-0.2, -0.15) is 0 Å². The van der Waals surface area contributed by atoms with Gasteiger partial charge < -0.3 is 10.2 Å². The van der Waals surface area contributed by atoms with Gasteiger partial charge in [0.15, 0.2) is 9.84 Å². The molecule has 1 aliphatic rings. The fourth-order valence-electron chi connectivity index (χ4n) is 3.66. The fraction of sp³-hybridized carbons (Fsp3) is 0.632. The third-order valence-corrected chi connectivity index (χ3v) is 6.51. The number of amides is 1. The molecule has 1 fully saturated rings. The molecule has 0 bridgehead atoms. The molecular formula is C19H30N2O3S. The maximum Gasteiger partial charge on any atom is 0.252 e. The molecule has 1 saturated heterocycles. The molecule has 1 aliphatic heterocycles. The van der Waals surface area contributed by atoms with E-state index in [4.69, 9.17) is 0 Å². The topological polar surface area (TPSA) is 66.5 Å². The van der Waals surface area contributed by atoms with Crippen molar-refractivity contribution in [3.8, 4) is 0 Å². The number of piperidine rings is 1. The highest BCUT2D eigenvalue weighted by molar-refractivity contribution is 7.91. The number of likely N-dealkylation sites (tertiary alicyclic amines) is 1. The quantitative estimate of drug-likeness (QED) is 0.753. The van der Waals surface area contributed by atoms with Gasteiger partial charge >= 0.3 is 0 Å². The molecule has 6 heteroatoms. The molecule has 25 heavy (non-hydrogen) atoms. The summed E-state index contributed by atoms with van der Waals surface area (Å²) in [5.74, 6) is 1.13. The molecule has 1 aromatic carbocycles. The SMILES string of the molecule is CCS(=O)(=O)c1ccccc1C(=O)NCCCN1C[C@H](C)C[C@@H](C)C1. The Morgan fingerprint density at radius 2 is 1.84 bits per heavy atom. The monoisotopic (exact) mass is 366 g/mol. The van der Waals surface area contributed by atoms with Crippen LogP contribution < -0.4 is 5.32 Å². The number of sulfone groups is 1.